The van der Waals surface area contributed by atoms with Gasteiger partial charge in [-0.25, -0.2) is 4.39 Å². The highest BCUT2D eigenvalue weighted by Gasteiger charge is 2.18. The van der Waals surface area contributed by atoms with E-state index in [1.807, 2.05) is 30.3 Å². The number of benzene rings is 2. The molecule has 0 saturated carbocycles. The molecule has 2 aromatic carbocycles. The molecule has 0 atom stereocenters. The van der Waals surface area contributed by atoms with Crippen molar-refractivity contribution in [2.75, 3.05) is 64.6 Å². The molecule has 0 spiro atoms. The molecule has 1 heterocycles. The standard InChI is InChI=1S/C24H29FIN3O3/c1-31-23-7-3-2-6-21(23)29-15-13-28(14-16-29)12-5-4-11-27-24(30)20-18-19(26)8-9-22(20)32-17-10-25/h2-9,18H,10-17H2,1H3,(H,27,30)/b5-4+. The second kappa shape index (κ2) is 12.6. The van der Waals surface area contributed by atoms with Gasteiger partial charge in [-0.15, -0.1) is 0 Å². The Hall–Kier alpha value is -2.33. The van der Waals surface area contributed by atoms with Crippen molar-refractivity contribution >= 4 is 34.2 Å². The zero-order valence-electron chi connectivity index (χ0n) is 18.2. The Morgan fingerprint density at radius 2 is 1.91 bits per heavy atom. The van der Waals surface area contributed by atoms with Gasteiger partial charge in [0, 0.05) is 42.8 Å². The zero-order valence-corrected chi connectivity index (χ0v) is 20.4. The molecule has 1 aliphatic rings. The fourth-order valence-electron chi connectivity index (χ4n) is 3.57. The van der Waals surface area contributed by atoms with E-state index in [-0.39, 0.29) is 12.5 Å². The molecule has 0 aliphatic carbocycles. The summed E-state index contributed by atoms with van der Waals surface area (Å²) in [6, 6.07) is 13.4. The fraction of sp³-hybridized carbons (Fsp3) is 0.375. The first-order valence-corrected chi connectivity index (χ1v) is 11.7. The number of hydrogen-bond acceptors (Lipinski definition) is 5. The number of amides is 1. The average Bonchev–Trinajstić information content (AvgIpc) is 2.83. The van der Waals surface area contributed by atoms with Gasteiger partial charge in [0.15, 0.2) is 0 Å². The molecule has 32 heavy (non-hydrogen) atoms. The molecule has 0 radical (unpaired) electrons. The number of anilines is 1. The Bertz CT molecular complexity index is 917. The van der Waals surface area contributed by atoms with Crippen LogP contribution in [0.25, 0.3) is 0 Å². The third kappa shape index (κ3) is 6.83. The first-order chi connectivity index (χ1) is 15.6. The molecule has 0 unspecified atom stereocenters. The number of piperazine rings is 1. The Labute approximate surface area is 202 Å². The predicted octanol–water partition coefficient (Wildman–Crippen LogP) is 3.76. The molecule has 1 N–H and O–H groups in total. The monoisotopic (exact) mass is 553 g/mol. The van der Waals surface area contributed by atoms with E-state index in [0.717, 1.165) is 47.7 Å². The van der Waals surface area contributed by atoms with Gasteiger partial charge < -0.3 is 19.7 Å². The van der Waals surface area contributed by atoms with E-state index < -0.39 is 6.67 Å². The summed E-state index contributed by atoms with van der Waals surface area (Å²) in [5.74, 6) is 1.08. The van der Waals surface area contributed by atoms with Gasteiger partial charge in [-0.2, -0.15) is 0 Å². The molecule has 2 aromatic rings. The highest BCUT2D eigenvalue weighted by molar-refractivity contribution is 14.1. The summed E-state index contributed by atoms with van der Waals surface area (Å²) in [6.45, 7) is 4.42. The Balaban J connectivity index is 1.42. The first kappa shape index (κ1) is 24.3. The highest BCUT2D eigenvalue weighted by atomic mass is 127. The van der Waals surface area contributed by atoms with Crippen molar-refractivity contribution < 1.29 is 18.7 Å². The minimum Gasteiger partial charge on any atom is -0.495 e. The Kier molecular flexibility index (Phi) is 9.61. The lowest BCUT2D eigenvalue weighted by Gasteiger charge is -2.36. The molecule has 1 fully saturated rings. The van der Waals surface area contributed by atoms with Crippen LogP contribution in [0.3, 0.4) is 0 Å². The summed E-state index contributed by atoms with van der Waals surface area (Å²) < 4.78 is 24.2. The second-order valence-corrected chi connectivity index (χ2v) is 8.56. The normalized spacial score (nSPS) is 14.5. The third-order valence-corrected chi connectivity index (χ3v) is 5.90. The van der Waals surface area contributed by atoms with Crippen LogP contribution in [0.4, 0.5) is 10.1 Å². The first-order valence-electron chi connectivity index (χ1n) is 10.6. The molecular formula is C24H29FIN3O3. The summed E-state index contributed by atoms with van der Waals surface area (Å²) in [4.78, 5) is 17.3. The quantitative estimate of drug-likeness (QED) is 0.359. The van der Waals surface area contributed by atoms with Gasteiger partial charge in [0.1, 0.15) is 24.8 Å². The maximum Gasteiger partial charge on any atom is 0.255 e. The van der Waals surface area contributed by atoms with Crippen LogP contribution in [0.1, 0.15) is 10.4 Å². The van der Waals surface area contributed by atoms with Gasteiger partial charge in [0.05, 0.1) is 18.4 Å². The second-order valence-electron chi connectivity index (χ2n) is 7.32. The molecule has 1 amide bonds. The molecule has 3 rings (SSSR count). The van der Waals surface area contributed by atoms with Crippen molar-refractivity contribution in [3.05, 3.63) is 63.8 Å². The van der Waals surface area contributed by atoms with E-state index in [1.54, 1.807) is 19.2 Å². The van der Waals surface area contributed by atoms with Crippen LogP contribution in [-0.4, -0.2) is 70.5 Å². The van der Waals surface area contributed by atoms with Crippen molar-refractivity contribution in [2.24, 2.45) is 0 Å². The number of ether oxygens (including phenoxy) is 2. The number of halogens is 2. The highest BCUT2D eigenvalue weighted by Crippen LogP contribution is 2.28. The van der Waals surface area contributed by atoms with Gasteiger partial charge in [-0.1, -0.05) is 24.3 Å². The fourth-order valence-corrected chi connectivity index (χ4v) is 4.06. The van der Waals surface area contributed by atoms with Gasteiger partial charge in [0.2, 0.25) is 0 Å². The Morgan fingerprint density at radius 1 is 1.12 bits per heavy atom. The molecular weight excluding hydrogens is 524 g/mol. The third-order valence-electron chi connectivity index (χ3n) is 5.23. The van der Waals surface area contributed by atoms with E-state index in [1.165, 1.54) is 0 Å². The van der Waals surface area contributed by atoms with Crippen molar-refractivity contribution in [3.8, 4) is 11.5 Å². The molecule has 1 saturated heterocycles. The number of nitrogens with one attached hydrogen (secondary N) is 1. The van der Waals surface area contributed by atoms with Crippen LogP contribution in [0.5, 0.6) is 11.5 Å². The molecule has 0 bridgehead atoms. The number of alkyl halides is 1. The lowest BCUT2D eigenvalue weighted by atomic mass is 10.2. The summed E-state index contributed by atoms with van der Waals surface area (Å²) >= 11 is 2.14. The van der Waals surface area contributed by atoms with E-state index >= 15 is 0 Å². The summed E-state index contributed by atoms with van der Waals surface area (Å²) in [6.07, 6.45) is 4.04. The topological polar surface area (TPSA) is 54.0 Å². The van der Waals surface area contributed by atoms with Gasteiger partial charge >= 0.3 is 0 Å². The molecule has 172 valence electrons. The maximum absolute atomic E-state index is 12.5. The van der Waals surface area contributed by atoms with Crippen LogP contribution in [0.2, 0.25) is 0 Å². The minimum absolute atomic E-state index is 0.0644. The van der Waals surface area contributed by atoms with Crippen molar-refractivity contribution in [3.63, 3.8) is 0 Å². The van der Waals surface area contributed by atoms with Crippen molar-refractivity contribution in [1.82, 2.24) is 10.2 Å². The number of nitrogens with zero attached hydrogens (tertiary/aromatic N) is 2. The number of para-hydroxylation sites is 2. The van der Waals surface area contributed by atoms with Gasteiger partial charge in [-0.3, -0.25) is 9.69 Å². The number of hydrogen-bond donors (Lipinski definition) is 1. The van der Waals surface area contributed by atoms with Crippen molar-refractivity contribution in [2.45, 2.75) is 0 Å². The Morgan fingerprint density at radius 3 is 2.66 bits per heavy atom. The molecule has 6 nitrogen and oxygen atoms in total. The predicted molar refractivity (Wildman–Crippen MR) is 134 cm³/mol. The number of rotatable bonds is 10. The lowest BCUT2D eigenvalue weighted by Crippen LogP contribution is -2.46. The largest absolute Gasteiger partial charge is 0.495 e. The molecule has 1 aliphatic heterocycles. The van der Waals surface area contributed by atoms with E-state index in [4.69, 9.17) is 9.47 Å². The SMILES string of the molecule is COc1ccccc1N1CCN(C/C=C/CNC(=O)c2cc(I)ccc2OCCF)CC1. The smallest absolute Gasteiger partial charge is 0.255 e. The zero-order chi connectivity index (χ0) is 22.8. The van der Waals surface area contributed by atoms with Crippen LogP contribution >= 0.6 is 22.6 Å². The van der Waals surface area contributed by atoms with Crippen LogP contribution in [0.15, 0.2) is 54.6 Å². The van der Waals surface area contributed by atoms with Crippen LogP contribution < -0.4 is 19.7 Å². The molecule has 8 heteroatoms. The number of carbonyl (C=O) groups is 1. The number of carbonyl (C=O) groups excluding carboxylic acids is 1. The number of methoxy groups -OCH3 is 1. The van der Waals surface area contributed by atoms with Crippen LogP contribution in [-0.2, 0) is 0 Å². The van der Waals surface area contributed by atoms with Crippen LogP contribution in [0, 0.1) is 3.57 Å². The summed E-state index contributed by atoms with van der Waals surface area (Å²) in [7, 11) is 1.70. The van der Waals surface area contributed by atoms with E-state index in [2.05, 4.69) is 49.8 Å². The lowest BCUT2D eigenvalue weighted by molar-refractivity contribution is 0.0953. The van der Waals surface area contributed by atoms with E-state index in [0.29, 0.717) is 17.9 Å². The molecule has 0 aromatic heterocycles. The van der Waals surface area contributed by atoms with Gasteiger partial charge in [0.25, 0.3) is 5.91 Å². The van der Waals surface area contributed by atoms with E-state index in [9.17, 15) is 9.18 Å². The summed E-state index contributed by atoms with van der Waals surface area (Å²) in [5, 5.41) is 2.88. The van der Waals surface area contributed by atoms with Gasteiger partial charge in [-0.05, 0) is 52.9 Å². The maximum atomic E-state index is 12.5. The minimum atomic E-state index is -0.594. The summed E-state index contributed by atoms with van der Waals surface area (Å²) in [5.41, 5.74) is 1.56. The van der Waals surface area contributed by atoms with Crippen molar-refractivity contribution in [1.29, 1.82) is 0 Å². The average molecular weight is 553 g/mol.